The van der Waals surface area contributed by atoms with Gasteiger partial charge in [-0.3, -0.25) is 0 Å². The van der Waals surface area contributed by atoms with E-state index < -0.39 is 6.09 Å². The van der Waals surface area contributed by atoms with E-state index in [0.717, 1.165) is 0 Å². The number of amides is 1. The van der Waals surface area contributed by atoms with Crippen LogP contribution >= 0.6 is 23.2 Å². The molecule has 88 valence electrons. The molecule has 0 saturated heterocycles. The summed E-state index contributed by atoms with van der Waals surface area (Å²) < 4.78 is 4.92. The van der Waals surface area contributed by atoms with Crippen molar-refractivity contribution >= 4 is 29.3 Å². The third kappa shape index (κ3) is 4.26. The van der Waals surface area contributed by atoms with Crippen LogP contribution in [0.5, 0.6) is 5.75 Å². The minimum absolute atomic E-state index is 0.0159. The molecule has 0 unspecified atom stereocenters. The van der Waals surface area contributed by atoms with Gasteiger partial charge in [-0.05, 0) is 24.6 Å². The quantitative estimate of drug-likeness (QED) is 0.821. The molecule has 2 N–H and O–H groups in total. The van der Waals surface area contributed by atoms with Crippen molar-refractivity contribution in [3.05, 3.63) is 28.2 Å². The lowest BCUT2D eigenvalue weighted by atomic mass is 10.3. The minimum atomic E-state index is -0.613. The maximum atomic E-state index is 11.2. The van der Waals surface area contributed by atoms with Crippen LogP contribution < -0.4 is 10.1 Å². The Balaban J connectivity index is 2.49. The van der Waals surface area contributed by atoms with Crippen LogP contribution in [0.2, 0.25) is 10.0 Å². The standard InChI is InChI=1S/C10H11Cl2NO3/c11-7-2-3-9(8(12)6-7)16-10(15)13-4-1-5-14/h2-3,6,14H,1,4-5H2,(H,13,15). The average Bonchev–Trinajstić information content (AvgIpc) is 2.23. The maximum absolute atomic E-state index is 11.2. The van der Waals surface area contributed by atoms with Crippen LogP contribution in [0.15, 0.2) is 18.2 Å². The molecule has 1 rings (SSSR count). The van der Waals surface area contributed by atoms with Gasteiger partial charge in [0, 0.05) is 18.2 Å². The zero-order valence-corrected chi connectivity index (χ0v) is 9.88. The van der Waals surface area contributed by atoms with E-state index in [1.54, 1.807) is 6.07 Å². The van der Waals surface area contributed by atoms with Gasteiger partial charge < -0.3 is 15.2 Å². The predicted molar refractivity (Wildman–Crippen MR) is 62.2 cm³/mol. The highest BCUT2D eigenvalue weighted by molar-refractivity contribution is 6.35. The molecule has 0 aliphatic rings. The lowest BCUT2D eigenvalue weighted by molar-refractivity contribution is 0.199. The van der Waals surface area contributed by atoms with Crippen LogP contribution in [0.4, 0.5) is 4.79 Å². The van der Waals surface area contributed by atoms with Gasteiger partial charge in [0.1, 0.15) is 0 Å². The molecule has 0 aliphatic heterocycles. The van der Waals surface area contributed by atoms with E-state index in [1.807, 2.05) is 0 Å². The molecule has 1 aromatic rings. The van der Waals surface area contributed by atoms with Crippen molar-refractivity contribution in [2.24, 2.45) is 0 Å². The van der Waals surface area contributed by atoms with E-state index >= 15 is 0 Å². The molecule has 0 heterocycles. The number of aliphatic hydroxyl groups excluding tert-OH is 1. The number of hydrogen-bond acceptors (Lipinski definition) is 3. The Labute approximate surface area is 103 Å². The van der Waals surface area contributed by atoms with Crippen molar-refractivity contribution in [1.29, 1.82) is 0 Å². The number of aliphatic hydroxyl groups is 1. The van der Waals surface area contributed by atoms with Crippen LogP contribution in [-0.2, 0) is 0 Å². The maximum Gasteiger partial charge on any atom is 0.412 e. The summed E-state index contributed by atoms with van der Waals surface area (Å²) in [5.41, 5.74) is 0. The smallest absolute Gasteiger partial charge is 0.409 e. The SMILES string of the molecule is O=C(NCCCO)Oc1ccc(Cl)cc1Cl. The zero-order chi connectivity index (χ0) is 12.0. The van der Waals surface area contributed by atoms with Gasteiger partial charge in [-0.1, -0.05) is 23.2 Å². The number of nitrogens with one attached hydrogen (secondary N) is 1. The van der Waals surface area contributed by atoms with Crippen molar-refractivity contribution in [3.8, 4) is 5.75 Å². The molecule has 4 nitrogen and oxygen atoms in total. The molecular formula is C10H11Cl2NO3. The van der Waals surface area contributed by atoms with E-state index in [-0.39, 0.29) is 17.4 Å². The van der Waals surface area contributed by atoms with Crippen LogP contribution in [-0.4, -0.2) is 24.4 Å². The number of ether oxygens (including phenoxy) is 1. The number of rotatable bonds is 4. The fourth-order valence-corrected chi connectivity index (χ4v) is 1.41. The molecule has 0 aliphatic carbocycles. The van der Waals surface area contributed by atoms with E-state index in [9.17, 15) is 4.79 Å². The van der Waals surface area contributed by atoms with Gasteiger partial charge in [0.25, 0.3) is 0 Å². The highest BCUT2D eigenvalue weighted by Gasteiger charge is 2.07. The topological polar surface area (TPSA) is 58.6 Å². The predicted octanol–water partition coefficient (Wildman–Crippen LogP) is 2.46. The van der Waals surface area contributed by atoms with Crippen molar-refractivity contribution in [2.75, 3.05) is 13.2 Å². The lowest BCUT2D eigenvalue weighted by Crippen LogP contribution is -2.28. The largest absolute Gasteiger partial charge is 0.412 e. The van der Waals surface area contributed by atoms with Gasteiger partial charge in [-0.2, -0.15) is 0 Å². The monoisotopic (exact) mass is 263 g/mol. The first-order valence-electron chi connectivity index (χ1n) is 4.65. The number of carbonyl (C=O) groups excluding carboxylic acids is 1. The van der Waals surface area contributed by atoms with Crippen molar-refractivity contribution in [2.45, 2.75) is 6.42 Å². The van der Waals surface area contributed by atoms with E-state index in [4.69, 9.17) is 33.0 Å². The summed E-state index contributed by atoms with van der Waals surface area (Å²) in [6.07, 6.45) is -0.138. The first kappa shape index (κ1) is 13.1. The first-order valence-corrected chi connectivity index (χ1v) is 5.40. The number of benzene rings is 1. The summed E-state index contributed by atoms with van der Waals surface area (Å²) in [7, 11) is 0. The molecule has 0 bridgehead atoms. The third-order valence-corrected chi connectivity index (χ3v) is 2.23. The van der Waals surface area contributed by atoms with E-state index in [0.29, 0.717) is 18.0 Å². The Bertz CT molecular complexity index is 371. The molecule has 6 heteroatoms. The molecule has 1 amide bonds. The van der Waals surface area contributed by atoms with Crippen LogP contribution in [0, 0.1) is 0 Å². The Hall–Kier alpha value is -0.970. The lowest BCUT2D eigenvalue weighted by Gasteiger charge is -2.07. The molecule has 0 fully saturated rings. The first-order chi connectivity index (χ1) is 7.63. The van der Waals surface area contributed by atoms with Crippen LogP contribution in [0.1, 0.15) is 6.42 Å². The Morgan fingerprint density at radius 2 is 2.19 bits per heavy atom. The zero-order valence-electron chi connectivity index (χ0n) is 8.37. The Kier molecular flexibility index (Phi) is 5.38. The van der Waals surface area contributed by atoms with Gasteiger partial charge in [0.15, 0.2) is 5.75 Å². The van der Waals surface area contributed by atoms with Crippen LogP contribution in [0.25, 0.3) is 0 Å². The normalized spacial score (nSPS) is 9.94. The third-order valence-electron chi connectivity index (χ3n) is 1.70. The summed E-state index contributed by atoms with van der Waals surface area (Å²) in [6, 6.07) is 4.57. The second-order valence-corrected chi connectivity index (χ2v) is 3.81. The molecule has 16 heavy (non-hydrogen) atoms. The number of halogens is 2. The molecule has 1 aromatic carbocycles. The van der Waals surface area contributed by atoms with Gasteiger partial charge in [-0.15, -0.1) is 0 Å². The second-order valence-electron chi connectivity index (χ2n) is 2.97. The van der Waals surface area contributed by atoms with Gasteiger partial charge in [-0.25, -0.2) is 4.79 Å². The molecule has 0 atom stereocenters. The number of hydrogen-bond donors (Lipinski definition) is 2. The highest BCUT2D eigenvalue weighted by Crippen LogP contribution is 2.27. The molecule has 0 spiro atoms. The molecule has 0 aromatic heterocycles. The van der Waals surface area contributed by atoms with Gasteiger partial charge in [0.05, 0.1) is 5.02 Å². The van der Waals surface area contributed by atoms with E-state index in [1.165, 1.54) is 12.1 Å². The van der Waals surface area contributed by atoms with E-state index in [2.05, 4.69) is 5.32 Å². The Morgan fingerprint density at radius 3 is 2.81 bits per heavy atom. The number of carbonyl (C=O) groups is 1. The fraction of sp³-hybridized carbons (Fsp3) is 0.300. The summed E-state index contributed by atoms with van der Waals surface area (Å²) in [5, 5.41) is 11.7. The molecular weight excluding hydrogens is 253 g/mol. The average molecular weight is 264 g/mol. The van der Waals surface area contributed by atoms with Crippen molar-refractivity contribution < 1.29 is 14.6 Å². The second kappa shape index (κ2) is 6.58. The summed E-state index contributed by atoms with van der Waals surface area (Å²) in [6.45, 7) is 0.364. The summed E-state index contributed by atoms with van der Waals surface area (Å²) in [4.78, 5) is 11.2. The molecule has 0 saturated carbocycles. The summed E-state index contributed by atoms with van der Waals surface area (Å²) in [5.74, 6) is 0.243. The van der Waals surface area contributed by atoms with Gasteiger partial charge >= 0.3 is 6.09 Å². The molecule has 0 radical (unpaired) electrons. The highest BCUT2D eigenvalue weighted by atomic mass is 35.5. The van der Waals surface area contributed by atoms with Crippen molar-refractivity contribution in [3.63, 3.8) is 0 Å². The summed E-state index contributed by atoms with van der Waals surface area (Å²) >= 11 is 11.5. The minimum Gasteiger partial charge on any atom is -0.409 e. The van der Waals surface area contributed by atoms with Crippen LogP contribution in [0.3, 0.4) is 0 Å². The van der Waals surface area contributed by atoms with Gasteiger partial charge in [0.2, 0.25) is 0 Å². The fourth-order valence-electron chi connectivity index (χ4n) is 0.963. The van der Waals surface area contributed by atoms with Crippen molar-refractivity contribution in [1.82, 2.24) is 5.32 Å². The Morgan fingerprint density at radius 1 is 1.44 bits per heavy atom.